The van der Waals surface area contributed by atoms with Crippen LogP contribution in [0.25, 0.3) is 0 Å². The molecule has 0 saturated carbocycles. The molecular weight excluding hydrogens is 240 g/mol. The van der Waals surface area contributed by atoms with Crippen molar-refractivity contribution in [2.45, 2.75) is 32.8 Å². The third-order valence-electron chi connectivity index (χ3n) is 3.73. The topological polar surface area (TPSA) is 64.3 Å². The predicted molar refractivity (Wildman–Crippen MR) is 76.1 cm³/mol. The van der Waals surface area contributed by atoms with Crippen molar-refractivity contribution in [3.05, 3.63) is 29.3 Å². The first-order valence-corrected chi connectivity index (χ1v) is 6.87. The van der Waals surface area contributed by atoms with Crippen LogP contribution in [-0.2, 0) is 4.74 Å². The Hall–Kier alpha value is -1.55. The highest BCUT2D eigenvalue weighted by molar-refractivity contribution is 5.99. The Morgan fingerprint density at radius 2 is 2.32 bits per heavy atom. The predicted octanol–water partition coefficient (Wildman–Crippen LogP) is 2.12. The summed E-state index contributed by atoms with van der Waals surface area (Å²) in [5, 5.41) is 2.97. The van der Waals surface area contributed by atoms with Gasteiger partial charge in [0, 0.05) is 24.8 Å². The molecule has 1 aromatic carbocycles. The van der Waals surface area contributed by atoms with E-state index in [1.54, 1.807) is 6.07 Å². The minimum atomic E-state index is -0.0945. The Bertz CT molecular complexity index is 459. The van der Waals surface area contributed by atoms with Gasteiger partial charge >= 0.3 is 0 Å². The molecule has 1 aliphatic heterocycles. The van der Waals surface area contributed by atoms with Gasteiger partial charge in [-0.05, 0) is 31.9 Å². The van der Waals surface area contributed by atoms with Gasteiger partial charge in [-0.1, -0.05) is 18.6 Å². The summed E-state index contributed by atoms with van der Waals surface area (Å²) in [6, 6.07) is 5.51. The standard InChI is InChI=1S/C15H22N2O2/c1-3-14-11(6-7-19-14)9-17-15(18)12-8-10(2)4-5-13(12)16/h4-5,8,11,14H,3,6-7,9,16H2,1-2H3,(H,17,18). The van der Waals surface area contributed by atoms with Gasteiger partial charge in [0.1, 0.15) is 0 Å². The van der Waals surface area contributed by atoms with Crippen molar-refractivity contribution < 1.29 is 9.53 Å². The molecule has 1 fully saturated rings. The number of anilines is 1. The first-order chi connectivity index (χ1) is 9.11. The number of carbonyl (C=O) groups excluding carboxylic acids is 1. The summed E-state index contributed by atoms with van der Waals surface area (Å²) in [6.45, 7) is 5.52. The second-order valence-corrected chi connectivity index (χ2v) is 5.17. The van der Waals surface area contributed by atoms with Crippen LogP contribution in [0.2, 0.25) is 0 Å². The van der Waals surface area contributed by atoms with Crippen LogP contribution in [0.15, 0.2) is 18.2 Å². The van der Waals surface area contributed by atoms with Gasteiger partial charge < -0.3 is 15.8 Å². The van der Waals surface area contributed by atoms with Crippen molar-refractivity contribution in [3.8, 4) is 0 Å². The van der Waals surface area contributed by atoms with Crippen LogP contribution in [0.1, 0.15) is 35.7 Å². The third-order valence-corrected chi connectivity index (χ3v) is 3.73. The molecule has 0 radical (unpaired) electrons. The fraction of sp³-hybridized carbons (Fsp3) is 0.533. The van der Waals surface area contributed by atoms with Gasteiger partial charge in [-0.3, -0.25) is 4.79 Å². The number of carbonyl (C=O) groups is 1. The summed E-state index contributed by atoms with van der Waals surface area (Å²) in [6.07, 6.45) is 2.28. The molecule has 1 aliphatic rings. The number of hydrogen-bond acceptors (Lipinski definition) is 3. The van der Waals surface area contributed by atoms with Gasteiger partial charge in [-0.15, -0.1) is 0 Å². The van der Waals surface area contributed by atoms with Crippen molar-refractivity contribution in [2.24, 2.45) is 5.92 Å². The van der Waals surface area contributed by atoms with Gasteiger partial charge in [0.25, 0.3) is 5.91 Å². The summed E-state index contributed by atoms with van der Waals surface area (Å²) < 4.78 is 5.62. The number of nitrogen functional groups attached to an aromatic ring is 1. The zero-order valence-electron chi connectivity index (χ0n) is 11.6. The maximum Gasteiger partial charge on any atom is 0.253 e. The minimum absolute atomic E-state index is 0.0945. The molecule has 1 amide bonds. The van der Waals surface area contributed by atoms with E-state index in [1.807, 2.05) is 19.1 Å². The molecule has 0 spiro atoms. The highest BCUT2D eigenvalue weighted by atomic mass is 16.5. The lowest BCUT2D eigenvalue weighted by Crippen LogP contribution is -2.33. The number of nitrogens with one attached hydrogen (secondary N) is 1. The Labute approximate surface area is 114 Å². The smallest absolute Gasteiger partial charge is 0.253 e. The first kappa shape index (κ1) is 13.9. The van der Waals surface area contributed by atoms with Gasteiger partial charge in [-0.2, -0.15) is 0 Å². The molecule has 0 bridgehead atoms. The number of nitrogens with two attached hydrogens (primary N) is 1. The van der Waals surface area contributed by atoms with Crippen molar-refractivity contribution >= 4 is 11.6 Å². The van der Waals surface area contributed by atoms with Crippen molar-refractivity contribution in [2.75, 3.05) is 18.9 Å². The molecule has 1 aromatic rings. The Kier molecular flexibility index (Phi) is 4.43. The molecule has 0 aliphatic carbocycles. The fourth-order valence-corrected chi connectivity index (χ4v) is 2.56. The summed E-state index contributed by atoms with van der Waals surface area (Å²) in [4.78, 5) is 12.1. The molecule has 3 N–H and O–H groups in total. The van der Waals surface area contributed by atoms with Crippen LogP contribution >= 0.6 is 0 Å². The number of amides is 1. The largest absolute Gasteiger partial charge is 0.398 e. The van der Waals surface area contributed by atoms with Crippen molar-refractivity contribution in [1.29, 1.82) is 0 Å². The Morgan fingerprint density at radius 1 is 1.53 bits per heavy atom. The van der Waals surface area contributed by atoms with E-state index >= 15 is 0 Å². The fourth-order valence-electron chi connectivity index (χ4n) is 2.56. The molecule has 4 heteroatoms. The lowest BCUT2D eigenvalue weighted by Gasteiger charge is -2.17. The van der Waals surface area contributed by atoms with E-state index in [0.717, 1.165) is 25.0 Å². The molecule has 1 saturated heterocycles. The van der Waals surface area contributed by atoms with E-state index in [-0.39, 0.29) is 12.0 Å². The van der Waals surface area contributed by atoms with Gasteiger partial charge in [0.05, 0.1) is 11.7 Å². The van der Waals surface area contributed by atoms with E-state index in [2.05, 4.69) is 12.2 Å². The Morgan fingerprint density at radius 3 is 3.05 bits per heavy atom. The second-order valence-electron chi connectivity index (χ2n) is 5.17. The SMILES string of the molecule is CCC1OCCC1CNC(=O)c1cc(C)ccc1N. The molecule has 2 unspecified atom stereocenters. The van der Waals surface area contributed by atoms with Gasteiger partial charge in [0.15, 0.2) is 0 Å². The third kappa shape index (κ3) is 3.26. The summed E-state index contributed by atoms with van der Waals surface area (Å²) in [5.41, 5.74) is 7.97. The zero-order valence-corrected chi connectivity index (χ0v) is 11.6. The summed E-state index contributed by atoms with van der Waals surface area (Å²) >= 11 is 0. The Balaban J connectivity index is 1.96. The molecule has 0 aromatic heterocycles. The molecule has 2 atom stereocenters. The van der Waals surface area contributed by atoms with Crippen LogP contribution in [0, 0.1) is 12.8 Å². The number of rotatable bonds is 4. The highest BCUT2D eigenvalue weighted by Crippen LogP contribution is 2.22. The number of hydrogen-bond donors (Lipinski definition) is 2. The molecule has 1 heterocycles. The number of benzene rings is 1. The molecule has 4 nitrogen and oxygen atoms in total. The normalized spacial score (nSPS) is 22.4. The average molecular weight is 262 g/mol. The highest BCUT2D eigenvalue weighted by Gasteiger charge is 2.27. The first-order valence-electron chi connectivity index (χ1n) is 6.87. The van der Waals surface area contributed by atoms with Crippen LogP contribution < -0.4 is 11.1 Å². The molecular formula is C15H22N2O2. The van der Waals surface area contributed by atoms with Crippen LogP contribution in [0.4, 0.5) is 5.69 Å². The maximum atomic E-state index is 12.1. The number of aryl methyl sites for hydroxylation is 1. The van der Waals surface area contributed by atoms with Crippen LogP contribution in [0.5, 0.6) is 0 Å². The van der Waals surface area contributed by atoms with E-state index in [1.165, 1.54) is 0 Å². The van der Waals surface area contributed by atoms with E-state index < -0.39 is 0 Å². The molecule has 19 heavy (non-hydrogen) atoms. The van der Waals surface area contributed by atoms with Crippen molar-refractivity contribution in [1.82, 2.24) is 5.32 Å². The minimum Gasteiger partial charge on any atom is -0.398 e. The lowest BCUT2D eigenvalue weighted by molar-refractivity contribution is 0.0827. The molecule has 2 rings (SSSR count). The van der Waals surface area contributed by atoms with Gasteiger partial charge in [-0.25, -0.2) is 0 Å². The second kappa shape index (κ2) is 6.06. The van der Waals surface area contributed by atoms with Gasteiger partial charge in [0.2, 0.25) is 0 Å². The van der Waals surface area contributed by atoms with Crippen LogP contribution in [-0.4, -0.2) is 25.2 Å². The van der Waals surface area contributed by atoms with Crippen molar-refractivity contribution in [3.63, 3.8) is 0 Å². The summed E-state index contributed by atoms with van der Waals surface area (Å²) in [7, 11) is 0. The van der Waals surface area contributed by atoms with Crippen LogP contribution in [0.3, 0.4) is 0 Å². The number of ether oxygens (including phenoxy) is 1. The monoisotopic (exact) mass is 262 g/mol. The van der Waals surface area contributed by atoms with E-state index in [9.17, 15) is 4.79 Å². The lowest BCUT2D eigenvalue weighted by atomic mass is 9.99. The quantitative estimate of drug-likeness (QED) is 0.817. The molecule has 104 valence electrons. The maximum absolute atomic E-state index is 12.1. The zero-order chi connectivity index (χ0) is 13.8. The average Bonchev–Trinajstić information content (AvgIpc) is 2.86. The van der Waals surface area contributed by atoms with E-state index in [4.69, 9.17) is 10.5 Å². The van der Waals surface area contributed by atoms with E-state index in [0.29, 0.717) is 23.7 Å². The summed E-state index contributed by atoms with van der Waals surface area (Å²) in [5.74, 6) is 0.322.